The molecule has 1 spiro atoms. The van der Waals surface area contributed by atoms with Crippen LogP contribution in [-0.4, -0.2) is 77.5 Å². The molecule has 1 aromatic carbocycles. The summed E-state index contributed by atoms with van der Waals surface area (Å²) in [4.78, 5) is 44.9. The van der Waals surface area contributed by atoms with E-state index in [1.165, 1.54) is 0 Å². The van der Waals surface area contributed by atoms with Crippen molar-refractivity contribution in [3.05, 3.63) is 52.1 Å². The lowest BCUT2D eigenvalue weighted by atomic mass is 9.87. The summed E-state index contributed by atoms with van der Waals surface area (Å²) < 4.78 is 0.773. The first-order valence-corrected chi connectivity index (χ1v) is 13.0. The topological polar surface area (TPSA) is 99.6 Å². The van der Waals surface area contributed by atoms with Gasteiger partial charge in [0, 0.05) is 69.2 Å². The predicted octanol–water partition coefficient (Wildman–Crippen LogP) is 3.92. The molecule has 2 aromatic rings. The third kappa shape index (κ3) is 5.42. The van der Waals surface area contributed by atoms with Crippen LogP contribution in [0.15, 0.2) is 52.2 Å². The Hall–Kier alpha value is -2.89. The van der Waals surface area contributed by atoms with Crippen LogP contribution in [0.3, 0.4) is 0 Å². The number of carbonyl (C=O) groups excluding carboxylic acids is 2. The van der Waals surface area contributed by atoms with E-state index in [-0.39, 0.29) is 5.91 Å². The van der Waals surface area contributed by atoms with E-state index >= 15 is 0 Å². The van der Waals surface area contributed by atoms with Crippen LogP contribution in [0, 0.1) is 0 Å². The molecular weight excluding hydrogens is 552 g/mol. The van der Waals surface area contributed by atoms with Gasteiger partial charge < -0.3 is 19.5 Å². The van der Waals surface area contributed by atoms with Gasteiger partial charge in [-0.15, -0.1) is 5.06 Å². The molecule has 3 aliphatic rings. The predicted molar refractivity (Wildman–Crippen MR) is 139 cm³/mol. The highest BCUT2D eigenvalue weighted by Gasteiger charge is 2.45. The Morgan fingerprint density at radius 2 is 1.81 bits per heavy atom. The van der Waals surface area contributed by atoms with Gasteiger partial charge in [-0.1, -0.05) is 28.9 Å². The van der Waals surface area contributed by atoms with Gasteiger partial charge in [-0.25, -0.2) is 9.78 Å². The van der Waals surface area contributed by atoms with E-state index in [2.05, 4.69) is 36.3 Å². The normalized spacial score (nSPS) is 19.6. The molecule has 3 aliphatic heterocycles. The third-order valence-corrected chi connectivity index (χ3v) is 7.63. The third-order valence-electron chi connectivity index (χ3n) is 6.65. The van der Waals surface area contributed by atoms with E-state index in [9.17, 15) is 9.59 Å². The number of pyridine rings is 1. The number of hydrogen-bond donors (Lipinski definition) is 1. The minimum atomic E-state index is -0.552. The number of para-hydroxylation sites is 1. The maximum atomic E-state index is 13.1. The number of anilines is 2. The Morgan fingerprint density at radius 1 is 1.06 bits per heavy atom. The molecule has 0 unspecified atom stereocenters. The van der Waals surface area contributed by atoms with Gasteiger partial charge in [-0.2, -0.15) is 0 Å². The fraction of sp³-hybridized carbons (Fsp3) is 0.417. The monoisotopic (exact) mass is 576 g/mol. The molecule has 2 fully saturated rings. The first-order chi connectivity index (χ1) is 17.4. The highest BCUT2D eigenvalue weighted by Crippen LogP contribution is 2.35. The maximum absolute atomic E-state index is 13.1. The van der Waals surface area contributed by atoms with Gasteiger partial charge in [-0.3, -0.25) is 10.1 Å². The maximum Gasteiger partial charge on any atom is 0.430 e. The van der Waals surface area contributed by atoms with Crippen molar-refractivity contribution >= 4 is 56.7 Å². The summed E-state index contributed by atoms with van der Waals surface area (Å²) >= 11 is 9.66. The van der Waals surface area contributed by atoms with Gasteiger partial charge in [0.05, 0.1) is 10.7 Å². The van der Waals surface area contributed by atoms with E-state index in [1.54, 1.807) is 28.3 Å². The zero-order valence-corrected chi connectivity index (χ0v) is 21.9. The molecular formula is C24H26BrClN6O4. The average Bonchev–Trinajstić information content (AvgIpc) is 3.30. The first kappa shape index (κ1) is 24.8. The molecule has 0 bridgehead atoms. The van der Waals surface area contributed by atoms with Crippen molar-refractivity contribution in [1.82, 2.24) is 14.9 Å². The van der Waals surface area contributed by atoms with Crippen LogP contribution in [0.1, 0.15) is 19.3 Å². The van der Waals surface area contributed by atoms with E-state index in [0.29, 0.717) is 75.0 Å². The number of rotatable bonds is 4. The average molecular weight is 578 g/mol. The number of oxime groups is 1. The van der Waals surface area contributed by atoms with Crippen LogP contribution in [0.25, 0.3) is 0 Å². The molecule has 36 heavy (non-hydrogen) atoms. The van der Waals surface area contributed by atoms with Crippen molar-refractivity contribution < 1.29 is 19.3 Å². The summed E-state index contributed by atoms with van der Waals surface area (Å²) in [7, 11) is 0. The Labute approximate surface area is 222 Å². The molecule has 0 radical (unpaired) electrons. The van der Waals surface area contributed by atoms with Crippen molar-refractivity contribution in [1.29, 1.82) is 0 Å². The highest BCUT2D eigenvalue weighted by atomic mass is 79.9. The lowest BCUT2D eigenvalue weighted by molar-refractivity contribution is -0.154. The second kappa shape index (κ2) is 10.6. The number of aromatic nitrogens is 1. The minimum absolute atomic E-state index is 0.0925. The fourth-order valence-corrected chi connectivity index (χ4v) is 5.24. The minimum Gasteiger partial charge on any atom is -0.388 e. The van der Waals surface area contributed by atoms with Gasteiger partial charge >= 0.3 is 6.09 Å². The SMILES string of the molecule is O=C(Nc1ccccc1Br)ON1CCC2(CC1)CC(C(=O)N1CCN(c3ncccc3Cl)CC1)=NO2. The number of halogens is 2. The zero-order chi connectivity index (χ0) is 25.1. The zero-order valence-electron chi connectivity index (χ0n) is 19.5. The first-order valence-electron chi connectivity index (χ1n) is 11.8. The quantitative estimate of drug-likeness (QED) is 0.588. The van der Waals surface area contributed by atoms with Crippen LogP contribution in [0.2, 0.25) is 5.02 Å². The van der Waals surface area contributed by atoms with Crippen LogP contribution >= 0.6 is 27.5 Å². The largest absolute Gasteiger partial charge is 0.430 e. The van der Waals surface area contributed by atoms with Crippen molar-refractivity contribution in [2.45, 2.75) is 24.9 Å². The molecule has 1 N–H and O–H groups in total. The number of piperidine rings is 1. The van der Waals surface area contributed by atoms with E-state index < -0.39 is 11.7 Å². The molecule has 0 atom stereocenters. The summed E-state index contributed by atoms with van der Waals surface area (Å²) in [5, 5.41) is 9.11. The molecule has 0 aliphatic carbocycles. The lowest BCUT2D eigenvalue weighted by Crippen LogP contribution is -2.51. The van der Waals surface area contributed by atoms with Crippen LogP contribution in [-0.2, 0) is 14.5 Å². The smallest absolute Gasteiger partial charge is 0.388 e. The van der Waals surface area contributed by atoms with Crippen LogP contribution in [0.5, 0.6) is 0 Å². The molecule has 5 rings (SSSR count). The second-order valence-electron chi connectivity index (χ2n) is 8.99. The number of amides is 2. The van der Waals surface area contributed by atoms with Crippen molar-refractivity contribution in [2.75, 3.05) is 49.5 Å². The van der Waals surface area contributed by atoms with Crippen molar-refractivity contribution in [2.24, 2.45) is 5.16 Å². The molecule has 2 amide bonds. The number of nitrogens with zero attached hydrogens (tertiary/aromatic N) is 5. The molecule has 4 heterocycles. The van der Waals surface area contributed by atoms with Gasteiger partial charge in [0.2, 0.25) is 0 Å². The summed E-state index contributed by atoms with van der Waals surface area (Å²) in [5.74, 6) is 0.649. The van der Waals surface area contributed by atoms with E-state index in [4.69, 9.17) is 21.3 Å². The number of nitrogens with one attached hydrogen (secondary N) is 1. The van der Waals surface area contributed by atoms with Gasteiger partial charge in [-0.05, 0) is 40.2 Å². The van der Waals surface area contributed by atoms with Gasteiger partial charge in [0.15, 0.2) is 0 Å². The number of piperazine rings is 1. The Balaban J connectivity index is 1.08. The summed E-state index contributed by atoms with van der Waals surface area (Å²) in [6, 6.07) is 10.9. The Bertz CT molecular complexity index is 1160. The number of carbonyl (C=O) groups is 2. The van der Waals surface area contributed by atoms with Crippen LogP contribution < -0.4 is 10.2 Å². The van der Waals surface area contributed by atoms with Crippen LogP contribution in [0.4, 0.5) is 16.3 Å². The summed E-state index contributed by atoms with van der Waals surface area (Å²) in [6.45, 7) is 3.40. The molecule has 190 valence electrons. The molecule has 1 aromatic heterocycles. The molecule has 2 saturated heterocycles. The Kier molecular flexibility index (Phi) is 7.31. The molecule has 10 nitrogen and oxygen atoms in total. The van der Waals surface area contributed by atoms with Gasteiger partial charge in [0.25, 0.3) is 5.91 Å². The van der Waals surface area contributed by atoms with E-state index in [0.717, 1.165) is 10.3 Å². The standard InChI is InChI=1S/C24H26BrClN6O4/c25-17-4-1-2-6-19(17)28-23(34)35-32-10-7-24(8-11-32)16-20(29-36-24)22(33)31-14-12-30(13-15-31)21-18(26)5-3-9-27-21/h1-6,9H,7-8,10-16H2,(H,28,34). The second-order valence-corrected chi connectivity index (χ2v) is 10.3. The Morgan fingerprint density at radius 3 is 2.53 bits per heavy atom. The fourth-order valence-electron chi connectivity index (χ4n) is 4.62. The van der Waals surface area contributed by atoms with E-state index in [1.807, 2.05) is 24.3 Å². The number of hydrogen-bond acceptors (Lipinski definition) is 8. The number of hydroxylamine groups is 2. The van der Waals surface area contributed by atoms with Crippen molar-refractivity contribution in [3.8, 4) is 0 Å². The number of benzene rings is 1. The highest BCUT2D eigenvalue weighted by molar-refractivity contribution is 9.10. The molecule has 12 heteroatoms. The molecule has 0 saturated carbocycles. The lowest BCUT2D eigenvalue weighted by Gasteiger charge is -2.36. The summed E-state index contributed by atoms with van der Waals surface area (Å²) in [6.07, 6.45) is 2.81. The van der Waals surface area contributed by atoms with Gasteiger partial charge in [0.1, 0.15) is 17.1 Å². The summed E-state index contributed by atoms with van der Waals surface area (Å²) in [5.41, 5.74) is 0.545. The van der Waals surface area contributed by atoms with Crippen molar-refractivity contribution in [3.63, 3.8) is 0 Å².